The van der Waals surface area contributed by atoms with Crippen molar-refractivity contribution in [3.8, 4) is 0 Å². The minimum atomic E-state index is -0.693. The average Bonchev–Trinajstić information content (AvgIpc) is 2.49. The Bertz CT molecular complexity index is 408. The summed E-state index contributed by atoms with van der Waals surface area (Å²) >= 11 is 0. The Kier molecular flexibility index (Phi) is 11.1. The van der Waals surface area contributed by atoms with Crippen LogP contribution in [0.15, 0.2) is 0 Å². The summed E-state index contributed by atoms with van der Waals surface area (Å²) < 4.78 is 10.9. The fraction of sp³-hybridized carbons (Fsp3) is 0.895. The van der Waals surface area contributed by atoms with Gasteiger partial charge in [-0.2, -0.15) is 0 Å². The van der Waals surface area contributed by atoms with Gasteiger partial charge in [0.2, 0.25) is 5.91 Å². The molecule has 6 nitrogen and oxygen atoms in total. The van der Waals surface area contributed by atoms with Crippen molar-refractivity contribution < 1.29 is 19.1 Å². The van der Waals surface area contributed by atoms with Gasteiger partial charge in [-0.3, -0.25) is 9.59 Å². The van der Waals surface area contributed by atoms with E-state index in [9.17, 15) is 9.59 Å². The van der Waals surface area contributed by atoms with Crippen molar-refractivity contribution in [1.29, 1.82) is 0 Å². The van der Waals surface area contributed by atoms with Crippen molar-refractivity contribution in [1.82, 2.24) is 10.6 Å². The van der Waals surface area contributed by atoms with Crippen LogP contribution in [0, 0.1) is 10.8 Å². The number of amides is 1. The summed E-state index contributed by atoms with van der Waals surface area (Å²) in [6.07, 6.45) is 2.55. The number of methoxy groups -OCH3 is 1. The zero-order valence-corrected chi connectivity index (χ0v) is 17.2. The number of rotatable bonds is 14. The number of carbonyl (C=O) groups is 2. The molecule has 1 atom stereocenters. The van der Waals surface area contributed by atoms with Gasteiger partial charge in [0.15, 0.2) is 5.78 Å². The topological polar surface area (TPSA) is 76.7 Å². The SMILES string of the molecule is CNCCCCC(NC(=O)C(C)(C)COCC(C)(C)COC)C(C)=O. The van der Waals surface area contributed by atoms with Gasteiger partial charge in [0.05, 0.1) is 31.3 Å². The molecule has 0 aromatic rings. The van der Waals surface area contributed by atoms with Crippen molar-refractivity contribution in [2.24, 2.45) is 10.8 Å². The third-order valence-corrected chi connectivity index (χ3v) is 4.07. The quantitative estimate of drug-likeness (QED) is 0.465. The van der Waals surface area contributed by atoms with Gasteiger partial charge in [-0.25, -0.2) is 0 Å². The first-order chi connectivity index (χ1) is 11.6. The molecule has 0 radical (unpaired) electrons. The first-order valence-corrected chi connectivity index (χ1v) is 9.08. The van der Waals surface area contributed by atoms with E-state index < -0.39 is 11.5 Å². The van der Waals surface area contributed by atoms with Crippen molar-refractivity contribution in [2.75, 3.05) is 40.5 Å². The lowest BCUT2D eigenvalue weighted by molar-refractivity contribution is -0.136. The molecule has 0 saturated heterocycles. The van der Waals surface area contributed by atoms with E-state index >= 15 is 0 Å². The number of unbranched alkanes of at least 4 members (excludes halogenated alkanes) is 1. The molecule has 0 fully saturated rings. The number of Topliss-reactive ketones (excluding diaryl/α,β-unsaturated/α-hetero) is 1. The second-order valence-electron chi connectivity index (χ2n) is 8.21. The highest BCUT2D eigenvalue weighted by atomic mass is 16.5. The molecule has 0 bridgehead atoms. The van der Waals surface area contributed by atoms with Crippen LogP contribution >= 0.6 is 0 Å². The lowest BCUT2D eigenvalue weighted by Gasteiger charge is -2.29. The molecule has 2 N–H and O–H groups in total. The second kappa shape index (κ2) is 11.6. The van der Waals surface area contributed by atoms with Gasteiger partial charge >= 0.3 is 0 Å². The summed E-state index contributed by atoms with van der Waals surface area (Å²) in [5.74, 6) is -0.151. The van der Waals surface area contributed by atoms with E-state index in [0.29, 0.717) is 26.2 Å². The lowest BCUT2D eigenvalue weighted by Crippen LogP contribution is -2.47. The van der Waals surface area contributed by atoms with E-state index in [-0.39, 0.29) is 17.1 Å². The summed E-state index contributed by atoms with van der Waals surface area (Å²) in [5.41, 5.74) is -0.793. The van der Waals surface area contributed by atoms with E-state index in [0.717, 1.165) is 19.4 Å². The Morgan fingerprint density at radius 1 is 1.04 bits per heavy atom. The monoisotopic (exact) mass is 358 g/mol. The second-order valence-corrected chi connectivity index (χ2v) is 8.21. The van der Waals surface area contributed by atoms with Crippen LogP contribution in [0.25, 0.3) is 0 Å². The molecule has 148 valence electrons. The fourth-order valence-corrected chi connectivity index (χ4v) is 2.46. The first kappa shape index (κ1) is 24.0. The van der Waals surface area contributed by atoms with Crippen molar-refractivity contribution >= 4 is 11.7 Å². The Morgan fingerprint density at radius 3 is 2.20 bits per heavy atom. The molecule has 1 unspecified atom stereocenters. The molecular formula is C19H38N2O4. The van der Waals surface area contributed by atoms with Crippen LogP contribution < -0.4 is 10.6 Å². The van der Waals surface area contributed by atoms with Gasteiger partial charge in [-0.1, -0.05) is 13.8 Å². The average molecular weight is 359 g/mol. The number of ketones is 1. The largest absolute Gasteiger partial charge is 0.384 e. The standard InChI is InChI=1S/C19H38N2O4/c1-15(22)16(10-8-9-11-20-6)21-17(23)19(4,5)14-25-13-18(2,3)12-24-7/h16,20H,8-14H2,1-7H3,(H,21,23). The minimum Gasteiger partial charge on any atom is -0.384 e. The van der Waals surface area contributed by atoms with Gasteiger partial charge in [-0.05, 0) is 53.6 Å². The van der Waals surface area contributed by atoms with Gasteiger partial charge in [0.25, 0.3) is 0 Å². The molecule has 0 saturated carbocycles. The fourth-order valence-electron chi connectivity index (χ4n) is 2.46. The van der Waals surface area contributed by atoms with E-state index in [1.807, 2.05) is 20.9 Å². The van der Waals surface area contributed by atoms with Crippen LogP contribution in [0.5, 0.6) is 0 Å². The summed E-state index contributed by atoms with van der Waals surface area (Å²) in [5, 5.41) is 5.98. The predicted octanol–water partition coefficient (Wildman–Crippen LogP) is 2.17. The van der Waals surface area contributed by atoms with Crippen molar-refractivity contribution in [2.45, 2.75) is 59.9 Å². The Balaban J connectivity index is 4.47. The van der Waals surface area contributed by atoms with Gasteiger partial charge < -0.3 is 20.1 Å². The molecule has 25 heavy (non-hydrogen) atoms. The van der Waals surface area contributed by atoms with Gasteiger partial charge in [-0.15, -0.1) is 0 Å². The van der Waals surface area contributed by atoms with Crippen molar-refractivity contribution in [3.05, 3.63) is 0 Å². The van der Waals surface area contributed by atoms with Crippen LogP contribution in [-0.4, -0.2) is 58.3 Å². The summed E-state index contributed by atoms with van der Waals surface area (Å²) in [4.78, 5) is 24.4. The Labute approximate surface area is 153 Å². The summed E-state index contributed by atoms with van der Waals surface area (Å²) in [6.45, 7) is 11.6. The molecule has 0 aliphatic rings. The van der Waals surface area contributed by atoms with Gasteiger partial charge in [0.1, 0.15) is 0 Å². The molecule has 0 aliphatic carbocycles. The molecule has 0 aromatic heterocycles. The maximum absolute atomic E-state index is 12.6. The molecule has 0 aromatic carbocycles. The lowest BCUT2D eigenvalue weighted by atomic mass is 9.91. The maximum Gasteiger partial charge on any atom is 0.228 e. The third kappa shape index (κ3) is 10.6. The van der Waals surface area contributed by atoms with E-state index in [1.54, 1.807) is 7.11 Å². The Morgan fingerprint density at radius 2 is 1.68 bits per heavy atom. The molecule has 0 aliphatic heterocycles. The summed E-state index contributed by atoms with van der Waals surface area (Å²) in [6, 6.07) is -0.423. The van der Waals surface area contributed by atoms with Crippen LogP contribution in [0.2, 0.25) is 0 Å². The zero-order chi connectivity index (χ0) is 19.5. The maximum atomic E-state index is 12.6. The smallest absolute Gasteiger partial charge is 0.228 e. The highest BCUT2D eigenvalue weighted by molar-refractivity contribution is 5.89. The molecule has 1 amide bonds. The first-order valence-electron chi connectivity index (χ1n) is 9.08. The van der Waals surface area contributed by atoms with Crippen LogP contribution in [0.1, 0.15) is 53.9 Å². The Hall–Kier alpha value is -0.980. The highest BCUT2D eigenvalue weighted by Crippen LogP contribution is 2.21. The minimum absolute atomic E-state index is 0.00393. The molecule has 0 spiro atoms. The van der Waals surface area contributed by atoms with Crippen molar-refractivity contribution in [3.63, 3.8) is 0 Å². The number of carbonyl (C=O) groups excluding carboxylic acids is 2. The van der Waals surface area contributed by atoms with Gasteiger partial charge in [0, 0.05) is 12.5 Å². The summed E-state index contributed by atoms with van der Waals surface area (Å²) in [7, 11) is 3.57. The highest BCUT2D eigenvalue weighted by Gasteiger charge is 2.31. The normalized spacial score (nSPS) is 13.6. The van der Waals surface area contributed by atoms with Crippen LogP contribution in [-0.2, 0) is 19.1 Å². The number of ether oxygens (including phenoxy) is 2. The third-order valence-electron chi connectivity index (χ3n) is 4.07. The molecule has 6 heteroatoms. The molecule has 0 heterocycles. The zero-order valence-electron chi connectivity index (χ0n) is 17.2. The van der Waals surface area contributed by atoms with E-state index in [2.05, 4.69) is 24.5 Å². The van der Waals surface area contributed by atoms with Crippen LogP contribution in [0.3, 0.4) is 0 Å². The number of hydrogen-bond donors (Lipinski definition) is 2. The predicted molar refractivity (Wildman–Crippen MR) is 101 cm³/mol. The van der Waals surface area contributed by atoms with Crippen LogP contribution in [0.4, 0.5) is 0 Å². The molecule has 0 rings (SSSR count). The van der Waals surface area contributed by atoms with E-state index in [1.165, 1.54) is 6.92 Å². The molecular weight excluding hydrogens is 320 g/mol. The number of hydrogen-bond acceptors (Lipinski definition) is 5. The number of nitrogens with one attached hydrogen (secondary N) is 2. The van der Waals surface area contributed by atoms with E-state index in [4.69, 9.17) is 9.47 Å².